The van der Waals surface area contributed by atoms with Gasteiger partial charge in [0.05, 0.1) is 0 Å². The summed E-state index contributed by atoms with van der Waals surface area (Å²) in [6.07, 6.45) is 29.0. The molecule has 43 heavy (non-hydrogen) atoms. The van der Waals surface area contributed by atoms with Crippen molar-refractivity contribution in [2.24, 2.45) is 0 Å². The van der Waals surface area contributed by atoms with Gasteiger partial charge < -0.3 is 9.47 Å². The second-order valence-corrected chi connectivity index (χ2v) is 12.8. The van der Waals surface area contributed by atoms with E-state index in [1.165, 1.54) is 141 Å². The van der Waals surface area contributed by atoms with Gasteiger partial charge in [-0.05, 0) is 25.0 Å². The van der Waals surface area contributed by atoms with Crippen molar-refractivity contribution in [1.82, 2.24) is 9.80 Å². The zero-order chi connectivity index (χ0) is 30.8. The van der Waals surface area contributed by atoms with E-state index in [1.807, 2.05) is 24.3 Å². The lowest BCUT2D eigenvalue weighted by molar-refractivity contribution is -0.288. The van der Waals surface area contributed by atoms with Crippen molar-refractivity contribution in [3.63, 3.8) is 0 Å². The molecule has 1 aliphatic heterocycles. The van der Waals surface area contributed by atoms with Crippen molar-refractivity contribution in [2.45, 2.75) is 182 Å². The number of ether oxygens (including phenoxy) is 3. The Bertz CT molecular complexity index is 703. The third-order valence-electron chi connectivity index (χ3n) is 9.02. The molecule has 2 atom stereocenters. The van der Waals surface area contributed by atoms with Gasteiger partial charge in [-0.15, -0.1) is 0 Å². The van der Waals surface area contributed by atoms with Crippen LogP contribution in [0, 0.1) is 0 Å². The van der Waals surface area contributed by atoms with E-state index in [0.29, 0.717) is 0 Å². The molecule has 1 heterocycles. The van der Waals surface area contributed by atoms with Gasteiger partial charge >= 0.3 is 0 Å². The normalized spacial score (nSPS) is 16.7. The summed E-state index contributed by atoms with van der Waals surface area (Å²) >= 11 is 0. The van der Waals surface area contributed by atoms with Crippen LogP contribution >= 0.6 is 0 Å². The third-order valence-corrected chi connectivity index (χ3v) is 9.02. The molecule has 0 N–H and O–H groups in total. The van der Waals surface area contributed by atoms with E-state index in [1.54, 1.807) is 0 Å². The molecule has 0 radical (unpaired) electrons. The quantitative estimate of drug-likeness (QED) is 0.0891. The summed E-state index contributed by atoms with van der Waals surface area (Å²) in [4.78, 5) is 4.66. The van der Waals surface area contributed by atoms with Gasteiger partial charge in [0.25, 0.3) is 12.8 Å². The van der Waals surface area contributed by atoms with E-state index in [4.69, 9.17) is 14.2 Å². The van der Waals surface area contributed by atoms with Crippen LogP contribution in [0.1, 0.15) is 169 Å². The average Bonchev–Trinajstić information content (AvgIpc) is 3.01. The molecule has 0 aliphatic carbocycles. The van der Waals surface area contributed by atoms with Gasteiger partial charge in [-0.2, -0.15) is 0 Å². The van der Waals surface area contributed by atoms with E-state index >= 15 is 0 Å². The van der Waals surface area contributed by atoms with Crippen molar-refractivity contribution < 1.29 is 14.2 Å². The Balaban J connectivity index is 1.75. The fourth-order valence-corrected chi connectivity index (χ4v) is 6.11. The largest absolute Gasteiger partial charge is 0.451 e. The molecule has 0 fully saturated rings. The number of fused-ring (bicyclic) bond motifs is 2. The highest BCUT2D eigenvalue weighted by Crippen LogP contribution is 2.27. The first kappa shape index (κ1) is 37.9. The standard InChI is InChI=1S/C38H70N2O3/c1-5-9-11-13-15-17-19-21-23-25-27-32-39(7-3)37-41-35-30-29-31-36(34-35)42-38(43-37)40(8-4)33-28-26-24-22-20-18-16-14-12-10-6-2/h29-31,34,37-38H,5-28,32-33H2,1-4H3. The lowest BCUT2D eigenvalue weighted by Gasteiger charge is -2.38. The van der Waals surface area contributed by atoms with Crippen molar-refractivity contribution in [1.29, 1.82) is 0 Å². The lowest BCUT2D eigenvalue weighted by atomic mass is 10.1. The van der Waals surface area contributed by atoms with Crippen molar-refractivity contribution >= 4 is 0 Å². The summed E-state index contributed by atoms with van der Waals surface area (Å²) in [5.74, 6) is 1.62. The van der Waals surface area contributed by atoms with Crippen molar-refractivity contribution in [3.05, 3.63) is 24.3 Å². The summed E-state index contributed by atoms with van der Waals surface area (Å²) in [7, 11) is 0. The monoisotopic (exact) mass is 603 g/mol. The number of unbranched alkanes of at least 4 members (excludes halogenated alkanes) is 20. The van der Waals surface area contributed by atoms with Gasteiger partial charge in [-0.1, -0.05) is 162 Å². The minimum atomic E-state index is -0.444. The Kier molecular flexibility index (Phi) is 22.9. The third kappa shape index (κ3) is 17.7. The van der Waals surface area contributed by atoms with E-state index in [0.717, 1.165) is 37.7 Å². The maximum atomic E-state index is 6.63. The maximum absolute atomic E-state index is 6.63. The number of benzene rings is 1. The highest BCUT2D eigenvalue weighted by atomic mass is 16.8. The Morgan fingerprint density at radius 2 is 0.791 bits per heavy atom. The van der Waals surface area contributed by atoms with Crippen LogP contribution in [0.4, 0.5) is 0 Å². The molecule has 5 heteroatoms. The molecule has 0 amide bonds. The van der Waals surface area contributed by atoms with Crippen LogP contribution in [0.15, 0.2) is 24.3 Å². The first-order valence-electron chi connectivity index (χ1n) is 18.8. The molecule has 1 aromatic carbocycles. The molecular formula is C38H70N2O3. The molecule has 0 saturated carbocycles. The fourth-order valence-electron chi connectivity index (χ4n) is 6.11. The van der Waals surface area contributed by atoms with Gasteiger partial charge in [-0.25, -0.2) is 9.80 Å². The van der Waals surface area contributed by atoms with Gasteiger partial charge in [-0.3, -0.25) is 4.74 Å². The Labute approximate surface area is 267 Å². The molecule has 0 spiro atoms. The second-order valence-electron chi connectivity index (χ2n) is 12.8. The van der Waals surface area contributed by atoms with E-state index in [-0.39, 0.29) is 0 Å². The first-order valence-corrected chi connectivity index (χ1v) is 18.8. The second kappa shape index (κ2) is 26.0. The minimum absolute atomic E-state index is 0.444. The van der Waals surface area contributed by atoms with E-state index < -0.39 is 12.8 Å². The molecule has 0 saturated heterocycles. The van der Waals surface area contributed by atoms with Crippen LogP contribution < -0.4 is 9.47 Å². The van der Waals surface area contributed by atoms with Crippen LogP contribution in [-0.4, -0.2) is 48.8 Å². The number of rotatable bonds is 28. The zero-order valence-corrected chi connectivity index (χ0v) is 29.0. The van der Waals surface area contributed by atoms with Crippen molar-refractivity contribution in [3.8, 4) is 11.5 Å². The summed E-state index contributed by atoms with van der Waals surface area (Å²) in [5.41, 5.74) is 0. The van der Waals surface area contributed by atoms with Gasteiger partial charge in [0.2, 0.25) is 0 Å². The van der Waals surface area contributed by atoms with E-state index in [2.05, 4.69) is 37.5 Å². The predicted molar refractivity (Wildman–Crippen MR) is 184 cm³/mol. The van der Waals surface area contributed by atoms with Crippen LogP contribution in [0.3, 0.4) is 0 Å². The fraction of sp³-hybridized carbons (Fsp3) is 0.842. The molecule has 1 aliphatic rings. The van der Waals surface area contributed by atoms with E-state index in [9.17, 15) is 0 Å². The number of hydrogen-bond acceptors (Lipinski definition) is 5. The molecule has 2 rings (SSSR count). The highest BCUT2D eigenvalue weighted by molar-refractivity contribution is 5.33. The molecule has 250 valence electrons. The lowest BCUT2D eigenvalue weighted by Crippen LogP contribution is -2.51. The summed E-state index contributed by atoms with van der Waals surface area (Å²) in [6.45, 7) is 12.7. The molecule has 2 bridgehead atoms. The summed E-state index contributed by atoms with van der Waals surface area (Å²) < 4.78 is 19.5. The Morgan fingerprint density at radius 3 is 1.12 bits per heavy atom. The van der Waals surface area contributed by atoms with Crippen LogP contribution in [0.5, 0.6) is 11.5 Å². The van der Waals surface area contributed by atoms with Gasteiger partial charge in [0.1, 0.15) is 11.5 Å². The van der Waals surface area contributed by atoms with Gasteiger partial charge in [0, 0.05) is 32.2 Å². The average molecular weight is 603 g/mol. The first-order chi connectivity index (χ1) is 21.2. The van der Waals surface area contributed by atoms with Gasteiger partial charge in [0.15, 0.2) is 0 Å². The van der Waals surface area contributed by atoms with Crippen LogP contribution in [0.2, 0.25) is 0 Å². The molecule has 2 unspecified atom stereocenters. The topological polar surface area (TPSA) is 34.2 Å². The predicted octanol–water partition coefficient (Wildman–Crippen LogP) is 11.3. The molecule has 0 aromatic heterocycles. The number of nitrogens with zero attached hydrogens (tertiary/aromatic N) is 2. The minimum Gasteiger partial charge on any atom is -0.451 e. The SMILES string of the molecule is CCCCCCCCCCCCCN(CC)C1Oc2cccc(c2)OC(N(CC)CCCCCCCCCCCCC)O1. The highest BCUT2D eigenvalue weighted by Gasteiger charge is 2.30. The molecule has 5 nitrogen and oxygen atoms in total. The van der Waals surface area contributed by atoms with Crippen LogP contribution in [0.25, 0.3) is 0 Å². The number of hydrogen-bond donors (Lipinski definition) is 0. The smallest absolute Gasteiger partial charge is 0.266 e. The van der Waals surface area contributed by atoms with Crippen LogP contribution in [-0.2, 0) is 4.74 Å². The molecule has 1 aromatic rings. The Morgan fingerprint density at radius 1 is 0.465 bits per heavy atom. The Hall–Kier alpha value is -1.30. The summed E-state index contributed by atoms with van der Waals surface area (Å²) in [5, 5.41) is 0. The van der Waals surface area contributed by atoms with Crippen molar-refractivity contribution in [2.75, 3.05) is 26.2 Å². The molecular weight excluding hydrogens is 532 g/mol. The summed E-state index contributed by atoms with van der Waals surface area (Å²) in [6, 6.07) is 8.03. The maximum Gasteiger partial charge on any atom is 0.266 e. The zero-order valence-electron chi connectivity index (χ0n) is 29.0.